The summed E-state index contributed by atoms with van der Waals surface area (Å²) in [5.41, 5.74) is 9.05. The summed E-state index contributed by atoms with van der Waals surface area (Å²) in [5, 5.41) is 29.8. The highest BCUT2D eigenvalue weighted by molar-refractivity contribution is 5.98. The molecule has 4 aromatic rings. The van der Waals surface area contributed by atoms with E-state index in [1.54, 1.807) is 24.5 Å². The van der Waals surface area contributed by atoms with Gasteiger partial charge in [0.2, 0.25) is 11.6 Å². The van der Waals surface area contributed by atoms with E-state index in [4.69, 9.17) is 5.73 Å². The highest BCUT2D eigenvalue weighted by Gasteiger charge is 2.25. The average molecular weight is 420 g/mol. The summed E-state index contributed by atoms with van der Waals surface area (Å²) >= 11 is 0. The molecule has 0 aliphatic rings. The van der Waals surface area contributed by atoms with Crippen LogP contribution in [0.25, 0.3) is 17.1 Å². The van der Waals surface area contributed by atoms with Gasteiger partial charge in [0, 0.05) is 35.7 Å². The van der Waals surface area contributed by atoms with E-state index in [1.165, 1.54) is 30.5 Å². The number of amides is 1. The molecule has 1 amide bonds. The van der Waals surface area contributed by atoms with Crippen molar-refractivity contribution in [3.63, 3.8) is 0 Å². The van der Waals surface area contributed by atoms with Gasteiger partial charge in [0.25, 0.3) is 11.6 Å². The van der Waals surface area contributed by atoms with Crippen molar-refractivity contribution in [2.45, 2.75) is 0 Å². The predicted molar refractivity (Wildman–Crippen MR) is 105 cm³/mol. The number of nitro benzene ring substituents is 1. The van der Waals surface area contributed by atoms with E-state index in [0.717, 1.165) is 4.68 Å². The number of hydrazone groups is 1. The Morgan fingerprint density at radius 2 is 2.06 bits per heavy atom. The minimum Gasteiger partial charge on any atom is -0.378 e. The van der Waals surface area contributed by atoms with E-state index in [1.807, 2.05) is 0 Å². The molecule has 14 nitrogen and oxygen atoms in total. The molecule has 1 aromatic carbocycles. The standard InChI is InChI=1S/C17H12N10O4/c18-15-16(24-31-23-15)26-14(11-3-5-12(6-4-11)27(29)30)13(21-25-26)17(28)22-20-9-10-2-1-7-19-8-10/h1-9H,(H2,18,23)(H,22,28)/b20-9+. The van der Waals surface area contributed by atoms with E-state index in [9.17, 15) is 14.9 Å². The van der Waals surface area contributed by atoms with Crippen LogP contribution in [0.15, 0.2) is 58.5 Å². The van der Waals surface area contributed by atoms with Crippen molar-refractivity contribution < 1.29 is 14.3 Å². The van der Waals surface area contributed by atoms with E-state index in [2.05, 4.69) is 40.8 Å². The molecule has 0 fully saturated rings. The maximum absolute atomic E-state index is 12.7. The SMILES string of the molecule is Nc1nonc1-n1nnc(C(=O)N/N=C/c2cccnc2)c1-c1ccc([N+](=O)[O-])cc1. The van der Waals surface area contributed by atoms with Crippen LogP contribution >= 0.6 is 0 Å². The first-order valence-electron chi connectivity index (χ1n) is 8.57. The lowest BCUT2D eigenvalue weighted by atomic mass is 10.1. The van der Waals surface area contributed by atoms with Crippen LogP contribution < -0.4 is 11.2 Å². The normalized spacial score (nSPS) is 11.0. The Bertz CT molecular complexity index is 1260. The summed E-state index contributed by atoms with van der Waals surface area (Å²) in [6.07, 6.45) is 4.57. The molecular formula is C17H12N10O4. The van der Waals surface area contributed by atoms with E-state index in [0.29, 0.717) is 11.1 Å². The molecule has 0 saturated heterocycles. The zero-order chi connectivity index (χ0) is 21.8. The van der Waals surface area contributed by atoms with E-state index >= 15 is 0 Å². The summed E-state index contributed by atoms with van der Waals surface area (Å²) in [6.45, 7) is 0. The number of anilines is 1. The topological polar surface area (TPSA) is 193 Å². The molecule has 3 aromatic heterocycles. The van der Waals surface area contributed by atoms with Crippen LogP contribution in [0.1, 0.15) is 16.1 Å². The first-order chi connectivity index (χ1) is 15.0. The van der Waals surface area contributed by atoms with Crippen molar-refractivity contribution in [1.82, 2.24) is 35.7 Å². The fourth-order valence-electron chi connectivity index (χ4n) is 2.59. The maximum atomic E-state index is 12.7. The summed E-state index contributed by atoms with van der Waals surface area (Å²) in [4.78, 5) is 27.1. The third kappa shape index (κ3) is 3.93. The zero-order valence-corrected chi connectivity index (χ0v) is 15.5. The molecule has 4 rings (SSSR count). The van der Waals surface area contributed by atoms with Crippen molar-refractivity contribution in [1.29, 1.82) is 0 Å². The van der Waals surface area contributed by atoms with Gasteiger partial charge in [0.05, 0.1) is 11.1 Å². The molecular weight excluding hydrogens is 408 g/mol. The number of hydrogen-bond donors (Lipinski definition) is 2. The molecule has 3 N–H and O–H groups in total. The summed E-state index contributed by atoms with van der Waals surface area (Å²) in [7, 11) is 0. The number of carbonyl (C=O) groups excluding carboxylic acids is 1. The lowest BCUT2D eigenvalue weighted by Gasteiger charge is -2.05. The number of aromatic nitrogens is 6. The van der Waals surface area contributed by atoms with Gasteiger partial charge < -0.3 is 5.73 Å². The Morgan fingerprint density at radius 1 is 1.26 bits per heavy atom. The van der Waals surface area contributed by atoms with Gasteiger partial charge in [0.15, 0.2) is 5.69 Å². The smallest absolute Gasteiger partial charge is 0.294 e. The van der Waals surface area contributed by atoms with E-state index < -0.39 is 10.8 Å². The van der Waals surface area contributed by atoms with Crippen molar-refractivity contribution in [3.8, 4) is 17.1 Å². The molecule has 0 radical (unpaired) electrons. The fraction of sp³-hybridized carbons (Fsp3) is 0. The third-order valence-electron chi connectivity index (χ3n) is 4.00. The lowest BCUT2D eigenvalue weighted by molar-refractivity contribution is -0.384. The van der Waals surface area contributed by atoms with E-state index in [-0.39, 0.29) is 28.7 Å². The number of nitrogens with one attached hydrogen (secondary N) is 1. The summed E-state index contributed by atoms with van der Waals surface area (Å²) in [5.74, 6) is -0.775. The van der Waals surface area contributed by atoms with Crippen LogP contribution in [0.5, 0.6) is 0 Å². The largest absolute Gasteiger partial charge is 0.378 e. The molecule has 0 aliphatic heterocycles. The summed E-state index contributed by atoms with van der Waals surface area (Å²) < 4.78 is 5.74. The number of nitro groups is 1. The molecule has 14 heteroatoms. The van der Waals surface area contributed by atoms with Crippen LogP contribution in [-0.4, -0.2) is 47.3 Å². The van der Waals surface area contributed by atoms with Gasteiger partial charge in [-0.25, -0.2) is 10.1 Å². The van der Waals surface area contributed by atoms with Gasteiger partial charge in [-0.2, -0.15) is 9.78 Å². The van der Waals surface area contributed by atoms with Crippen LogP contribution in [0.2, 0.25) is 0 Å². The van der Waals surface area contributed by atoms with Gasteiger partial charge >= 0.3 is 0 Å². The molecule has 0 saturated carbocycles. The van der Waals surface area contributed by atoms with Crippen molar-refractivity contribution in [2.75, 3.05) is 5.73 Å². The van der Waals surface area contributed by atoms with Gasteiger partial charge in [0.1, 0.15) is 5.69 Å². The molecule has 0 unspecified atom stereocenters. The second-order valence-corrected chi connectivity index (χ2v) is 5.96. The molecule has 0 bridgehead atoms. The van der Waals surface area contributed by atoms with Gasteiger partial charge in [-0.15, -0.1) is 5.10 Å². The number of nitrogen functional groups attached to an aromatic ring is 1. The van der Waals surface area contributed by atoms with Crippen LogP contribution in [-0.2, 0) is 0 Å². The average Bonchev–Trinajstić information content (AvgIpc) is 3.40. The molecule has 0 spiro atoms. The Morgan fingerprint density at radius 3 is 2.71 bits per heavy atom. The quantitative estimate of drug-likeness (QED) is 0.258. The zero-order valence-electron chi connectivity index (χ0n) is 15.5. The van der Waals surface area contributed by atoms with Gasteiger partial charge in [-0.05, 0) is 28.5 Å². The third-order valence-corrected chi connectivity index (χ3v) is 4.00. The monoisotopic (exact) mass is 420 g/mol. The number of non-ortho nitro benzene ring substituents is 1. The summed E-state index contributed by atoms with van der Waals surface area (Å²) in [6, 6.07) is 8.90. The van der Waals surface area contributed by atoms with Crippen molar-refractivity contribution in [2.24, 2.45) is 5.10 Å². The van der Waals surface area contributed by atoms with Crippen molar-refractivity contribution >= 4 is 23.6 Å². The highest BCUT2D eigenvalue weighted by Crippen LogP contribution is 2.28. The number of pyridine rings is 1. The number of nitrogens with two attached hydrogens (primary N) is 1. The molecule has 3 heterocycles. The van der Waals surface area contributed by atoms with Crippen LogP contribution in [0.4, 0.5) is 11.5 Å². The minimum absolute atomic E-state index is 0.00114. The van der Waals surface area contributed by atoms with Crippen LogP contribution in [0.3, 0.4) is 0 Å². The number of carbonyl (C=O) groups is 1. The number of nitrogens with zero attached hydrogens (tertiary/aromatic N) is 8. The predicted octanol–water partition coefficient (Wildman–Crippen LogP) is 0.967. The Hall–Kier alpha value is -5.01. The lowest BCUT2D eigenvalue weighted by Crippen LogP contribution is -2.19. The first-order valence-corrected chi connectivity index (χ1v) is 8.57. The Labute approximate surface area is 172 Å². The number of benzene rings is 1. The number of hydrogen-bond acceptors (Lipinski definition) is 11. The van der Waals surface area contributed by atoms with Crippen molar-refractivity contribution in [3.05, 3.63) is 70.2 Å². The fourth-order valence-corrected chi connectivity index (χ4v) is 2.59. The minimum atomic E-state index is -0.685. The van der Waals surface area contributed by atoms with Crippen LogP contribution in [0, 0.1) is 10.1 Å². The second kappa shape index (κ2) is 8.16. The Kier molecular flexibility index (Phi) is 5.08. The molecule has 31 heavy (non-hydrogen) atoms. The second-order valence-electron chi connectivity index (χ2n) is 5.96. The maximum Gasteiger partial charge on any atom is 0.294 e. The van der Waals surface area contributed by atoms with Gasteiger partial charge in [-0.1, -0.05) is 11.3 Å². The Balaban J connectivity index is 1.71. The molecule has 0 atom stereocenters. The first kappa shape index (κ1) is 19.3. The van der Waals surface area contributed by atoms with Gasteiger partial charge in [-0.3, -0.25) is 19.9 Å². The number of rotatable bonds is 6. The highest BCUT2D eigenvalue weighted by atomic mass is 16.6. The molecule has 0 aliphatic carbocycles. The molecule has 154 valence electrons.